The van der Waals surface area contributed by atoms with E-state index in [0.29, 0.717) is 0 Å². The molecule has 4 fully saturated rings. The van der Waals surface area contributed by atoms with Crippen LogP contribution in [0.5, 0.6) is 0 Å². The zero-order chi connectivity index (χ0) is 21.3. The normalized spacial score (nSPS) is 40.1. The van der Waals surface area contributed by atoms with Crippen LogP contribution >= 0.6 is 0 Å². The summed E-state index contributed by atoms with van der Waals surface area (Å²) in [5.74, 6) is 8.47. The lowest BCUT2D eigenvalue weighted by molar-refractivity contribution is 0.201. The van der Waals surface area contributed by atoms with Crippen molar-refractivity contribution in [1.82, 2.24) is 0 Å². The van der Waals surface area contributed by atoms with Crippen LogP contribution in [0.25, 0.3) is 0 Å². The molecule has 4 rings (SSSR count). The lowest BCUT2D eigenvalue weighted by Crippen LogP contribution is -2.19. The second-order valence-electron chi connectivity index (χ2n) is 13.0. The van der Waals surface area contributed by atoms with Gasteiger partial charge in [-0.2, -0.15) is 0 Å². The molecule has 4 saturated carbocycles. The maximum atomic E-state index is 2.43. The lowest BCUT2D eigenvalue weighted by Gasteiger charge is -2.32. The van der Waals surface area contributed by atoms with Gasteiger partial charge >= 0.3 is 0 Å². The van der Waals surface area contributed by atoms with Crippen LogP contribution in [0.2, 0.25) is 0 Å². The van der Waals surface area contributed by atoms with Crippen LogP contribution in [0.15, 0.2) is 0 Å². The highest BCUT2D eigenvalue weighted by atomic mass is 14.3. The fraction of sp³-hybridized carbons (Fsp3) is 1.00. The fourth-order valence-corrected chi connectivity index (χ4v) is 7.20. The van der Waals surface area contributed by atoms with Crippen molar-refractivity contribution in [2.75, 3.05) is 0 Å². The van der Waals surface area contributed by atoms with Gasteiger partial charge in [-0.3, -0.25) is 0 Å². The number of rotatable bonds is 4. The van der Waals surface area contributed by atoms with E-state index < -0.39 is 0 Å². The quantitative estimate of drug-likeness (QED) is 0.401. The minimum Gasteiger partial charge on any atom is -0.0776 e. The first-order chi connectivity index (χ1) is 14.5. The molecule has 0 spiro atoms. The smallest absolute Gasteiger partial charge is 0.0411 e. The molecule has 0 aromatic rings. The SMILES string of the molecule is C.C.CC1CCC(CC2CCC(C)CC2)CC1.CC1CCC(CC2CCC(C)CC2)CC1. The molecular formula is C32H64. The molecular weight excluding hydrogens is 384 g/mol. The van der Waals surface area contributed by atoms with Crippen LogP contribution in [0.3, 0.4) is 0 Å². The summed E-state index contributed by atoms with van der Waals surface area (Å²) in [6.07, 6.45) is 27.5. The van der Waals surface area contributed by atoms with E-state index in [2.05, 4.69) is 27.7 Å². The maximum Gasteiger partial charge on any atom is -0.0411 e. The molecule has 0 nitrogen and oxygen atoms in total. The van der Waals surface area contributed by atoms with E-state index in [1.165, 1.54) is 103 Å². The van der Waals surface area contributed by atoms with E-state index in [1.807, 2.05) is 0 Å². The summed E-state index contributed by atoms with van der Waals surface area (Å²) in [6.45, 7) is 9.72. The molecule has 32 heavy (non-hydrogen) atoms. The van der Waals surface area contributed by atoms with Crippen molar-refractivity contribution >= 4 is 0 Å². The molecule has 0 bridgehead atoms. The average Bonchev–Trinajstić information content (AvgIpc) is 2.75. The molecule has 0 amide bonds. The predicted octanol–water partition coefficient (Wildman–Crippen LogP) is 11.3. The first kappa shape index (κ1) is 30.0. The highest BCUT2D eigenvalue weighted by Crippen LogP contribution is 2.39. The van der Waals surface area contributed by atoms with Gasteiger partial charge in [-0.05, 0) is 60.2 Å². The van der Waals surface area contributed by atoms with Crippen molar-refractivity contribution in [3.8, 4) is 0 Å². The monoisotopic (exact) mass is 449 g/mol. The zero-order valence-corrected chi connectivity index (χ0v) is 21.3. The molecule has 0 radical (unpaired) electrons. The minimum atomic E-state index is 0. The van der Waals surface area contributed by atoms with Crippen molar-refractivity contribution in [3.05, 3.63) is 0 Å². The van der Waals surface area contributed by atoms with Crippen LogP contribution in [0, 0.1) is 47.3 Å². The largest absolute Gasteiger partial charge is 0.0776 e. The third kappa shape index (κ3) is 11.0. The van der Waals surface area contributed by atoms with E-state index in [4.69, 9.17) is 0 Å². The van der Waals surface area contributed by atoms with E-state index in [9.17, 15) is 0 Å². The highest BCUT2D eigenvalue weighted by Gasteiger charge is 2.25. The molecule has 0 N–H and O–H groups in total. The summed E-state index contributed by atoms with van der Waals surface area (Å²) < 4.78 is 0. The average molecular weight is 449 g/mol. The van der Waals surface area contributed by atoms with E-state index in [0.717, 1.165) is 47.3 Å². The number of hydrogen-bond acceptors (Lipinski definition) is 0. The van der Waals surface area contributed by atoms with Gasteiger partial charge in [0.15, 0.2) is 0 Å². The molecule has 0 unspecified atom stereocenters. The summed E-state index contributed by atoms with van der Waals surface area (Å²) in [6, 6.07) is 0. The second kappa shape index (κ2) is 15.8. The summed E-state index contributed by atoms with van der Waals surface area (Å²) in [5.41, 5.74) is 0. The van der Waals surface area contributed by atoms with Crippen LogP contribution in [0.1, 0.15) is 158 Å². The predicted molar refractivity (Wildman–Crippen MR) is 147 cm³/mol. The van der Waals surface area contributed by atoms with Gasteiger partial charge in [-0.15, -0.1) is 0 Å². The Balaban J connectivity index is 0.000000301. The highest BCUT2D eigenvalue weighted by molar-refractivity contribution is 4.78. The summed E-state index contributed by atoms with van der Waals surface area (Å²) in [7, 11) is 0. The van der Waals surface area contributed by atoms with E-state index in [-0.39, 0.29) is 14.9 Å². The Morgan fingerprint density at radius 1 is 0.312 bits per heavy atom. The maximum absolute atomic E-state index is 2.43. The van der Waals surface area contributed by atoms with Crippen molar-refractivity contribution in [1.29, 1.82) is 0 Å². The molecule has 0 saturated heterocycles. The van der Waals surface area contributed by atoms with Crippen LogP contribution < -0.4 is 0 Å². The molecule has 0 aromatic carbocycles. The summed E-state index contributed by atoms with van der Waals surface area (Å²) in [5, 5.41) is 0. The Hall–Kier alpha value is 0. The molecule has 4 aliphatic carbocycles. The topological polar surface area (TPSA) is 0 Å². The van der Waals surface area contributed by atoms with Crippen LogP contribution in [0.4, 0.5) is 0 Å². The van der Waals surface area contributed by atoms with Gasteiger partial charge in [0.1, 0.15) is 0 Å². The Morgan fingerprint density at radius 3 is 0.625 bits per heavy atom. The van der Waals surface area contributed by atoms with Gasteiger partial charge in [0.2, 0.25) is 0 Å². The van der Waals surface area contributed by atoms with Gasteiger partial charge in [-0.1, -0.05) is 145 Å². The minimum absolute atomic E-state index is 0. The fourth-order valence-electron chi connectivity index (χ4n) is 7.20. The summed E-state index contributed by atoms with van der Waals surface area (Å²) in [4.78, 5) is 0. The Bertz CT molecular complexity index is 339. The second-order valence-corrected chi connectivity index (χ2v) is 13.0. The Labute approximate surface area is 205 Å². The van der Waals surface area contributed by atoms with Gasteiger partial charge in [-0.25, -0.2) is 0 Å². The molecule has 4 aliphatic rings. The molecule has 0 heterocycles. The molecule has 0 atom stereocenters. The van der Waals surface area contributed by atoms with Gasteiger partial charge in [0, 0.05) is 0 Å². The third-order valence-corrected chi connectivity index (χ3v) is 9.88. The van der Waals surface area contributed by atoms with E-state index >= 15 is 0 Å². The molecule has 0 aromatic heterocycles. The Kier molecular flexibility index (Phi) is 14.8. The van der Waals surface area contributed by atoms with Crippen LogP contribution in [-0.2, 0) is 0 Å². The molecule has 0 aliphatic heterocycles. The molecule has 0 heteroatoms. The van der Waals surface area contributed by atoms with Crippen molar-refractivity contribution < 1.29 is 0 Å². The van der Waals surface area contributed by atoms with Gasteiger partial charge in [0.25, 0.3) is 0 Å². The zero-order valence-electron chi connectivity index (χ0n) is 21.3. The first-order valence-electron chi connectivity index (χ1n) is 14.5. The number of hydrogen-bond donors (Lipinski definition) is 0. The first-order valence-corrected chi connectivity index (χ1v) is 14.5. The summed E-state index contributed by atoms with van der Waals surface area (Å²) >= 11 is 0. The third-order valence-electron chi connectivity index (χ3n) is 9.88. The van der Waals surface area contributed by atoms with E-state index in [1.54, 1.807) is 12.8 Å². The van der Waals surface area contributed by atoms with Gasteiger partial charge < -0.3 is 0 Å². The van der Waals surface area contributed by atoms with Gasteiger partial charge in [0.05, 0.1) is 0 Å². The Morgan fingerprint density at radius 2 is 0.469 bits per heavy atom. The molecule has 192 valence electrons. The van der Waals surface area contributed by atoms with Crippen molar-refractivity contribution in [2.24, 2.45) is 47.3 Å². The lowest BCUT2D eigenvalue weighted by atomic mass is 9.74. The van der Waals surface area contributed by atoms with Crippen LogP contribution in [-0.4, -0.2) is 0 Å². The van der Waals surface area contributed by atoms with Crippen molar-refractivity contribution in [2.45, 2.75) is 158 Å². The van der Waals surface area contributed by atoms with Crippen molar-refractivity contribution in [3.63, 3.8) is 0 Å². The standard InChI is InChI=1S/2C15H28.2CH4/c2*1-12-3-7-14(8-4-12)11-15-9-5-13(2)6-10-15;;/h2*12-15H,3-11H2,1-2H3;2*1H4.